The molecule has 0 saturated heterocycles. The van der Waals surface area contributed by atoms with E-state index in [2.05, 4.69) is 25.9 Å². The quantitative estimate of drug-likeness (QED) is 0.168. The first kappa shape index (κ1) is 27.4. The summed E-state index contributed by atoms with van der Waals surface area (Å²) in [6.07, 6.45) is -0.569. The molecule has 3 heterocycles. The first-order chi connectivity index (χ1) is 19.1. The van der Waals surface area contributed by atoms with Crippen molar-refractivity contribution >= 4 is 67.2 Å². The Labute approximate surface area is 238 Å². The van der Waals surface area contributed by atoms with Crippen LogP contribution >= 0.6 is 15.9 Å². The van der Waals surface area contributed by atoms with Crippen LogP contribution in [0.2, 0.25) is 0 Å². The molecule has 1 aliphatic rings. The number of nitrogens with zero attached hydrogens (tertiary/aromatic N) is 2. The van der Waals surface area contributed by atoms with Crippen LogP contribution in [0.1, 0.15) is 62.2 Å². The first-order valence-corrected chi connectivity index (χ1v) is 13.9. The number of ketones is 1. The summed E-state index contributed by atoms with van der Waals surface area (Å²) in [4.78, 5) is 60.9. The van der Waals surface area contributed by atoms with Gasteiger partial charge in [-0.15, -0.1) is 0 Å². The van der Waals surface area contributed by atoms with Crippen LogP contribution in [-0.2, 0) is 4.74 Å². The highest BCUT2D eigenvalue weighted by Crippen LogP contribution is 2.48. The van der Waals surface area contributed by atoms with Crippen molar-refractivity contribution in [3.8, 4) is 5.75 Å². The summed E-state index contributed by atoms with van der Waals surface area (Å²) < 4.78 is 10.9. The Morgan fingerprint density at radius 3 is 2.55 bits per heavy atom. The molecule has 0 bridgehead atoms. The van der Waals surface area contributed by atoms with Crippen molar-refractivity contribution in [2.24, 2.45) is 0 Å². The molecule has 2 aromatic heterocycles. The van der Waals surface area contributed by atoms with E-state index in [1.54, 1.807) is 49.2 Å². The number of fused-ring (bicyclic) bond motifs is 4. The third-order valence-corrected chi connectivity index (χ3v) is 8.19. The van der Waals surface area contributed by atoms with E-state index >= 15 is 0 Å². The van der Waals surface area contributed by atoms with Crippen LogP contribution in [0.5, 0.6) is 5.75 Å². The lowest BCUT2D eigenvalue weighted by atomic mass is 9.95. The van der Waals surface area contributed by atoms with Gasteiger partial charge in [0.05, 0.1) is 23.9 Å². The Bertz CT molecular complexity index is 1700. The zero-order valence-electron chi connectivity index (χ0n) is 22.8. The number of alkyl halides is 1. The maximum absolute atomic E-state index is 14.0. The molecule has 2 amide bonds. The minimum atomic E-state index is -0.569. The number of methoxy groups -OCH3 is 1. The summed E-state index contributed by atoms with van der Waals surface area (Å²) in [6.45, 7) is 5.85. The highest BCUT2D eigenvalue weighted by atomic mass is 79.9. The number of carbonyl (C=O) groups is 4. The minimum absolute atomic E-state index is 0.0624. The summed E-state index contributed by atoms with van der Waals surface area (Å²) in [5.74, 6) is -0.841. The van der Waals surface area contributed by atoms with Gasteiger partial charge in [-0.25, -0.2) is 9.59 Å². The second-order valence-electron chi connectivity index (χ2n) is 9.86. The largest absolute Gasteiger partial charge is 0.465 e. The Kier molecular flexibility index (Phi) is 7.17. The predicted octanol–water partition coefficient (Wildman–Crippen LogP) is 5.54. The Morgan fingerprint density at radius 2 is 1.90 bits per heavy atom. The zero-order chi connectivity index (χ0) is 28.9. The van der Waals surface area contributed by atoms with Gasteiger partial charge in [-0.1, -0.05) is 15.9 Å². The number of ether oxygens (including phenoxy) is 2. The highest BCUT2D eigenvalue weighted by Gasteiger charge is 2.38. The number of amides is 2. The lowest BCUT2D eigenvalue weighted by Crippen LogP contribution is -2.31. The number of aromatic amines is 2. The number of rotatable bonds is 6. The van der Waals surface area contributed by atoms with E-state index in [4.69, 9.17) is 9.47 Å². The first-order valence-electron chi connectivity index (χ1n) is 12.8. The zero-order valence-corrected chi connectivity index (χ0v) is 24.4. The van der Waals surface area contributed by atoms with Crippen molar-refractivity contribution in [1.82, 2.24) is 14.9 Å². The van der Waals surface area contributed by atoms with Crippen LogP contribution in [0, 0.1) is 6.92 Å². The van der Waals surface area contributed by atoms with Gasteiger partial charge in [0.25, 0.3) is 5.91 Å². The number of hydrogen-bond acceptors (Lipinski definition) is 6. The lowest BCUT2D eigenvalue weighted by molar-refractivity contribution is 0.0601. The van der Waals surface area contributed by atoms with E-state index in [0.29, 0.717) is 57.5 Å². The molecule has 0 radical (unpaired) electrons. The van der Waals surface area contributed by atoms with Crippen molar-refractivity contribution in [3.63, 3.8) is 0 Å². The van der Waals surface area contributed by atoms with Crippen LogP contribution in [0.4, 0.5) is 10.5 Å². The van der Waals surface area contributed by atoms with E-state index in [1.165, 1.54) is 18.9 Å². The van der Waals surface area contributed by atoms with E-state index in [-0.39, 0.29) is 23.4 Å². The number of halogens is 1. The highest BCUT2D eigenvalue weighted by molar-refractivity contribution is 9.09. The molecular formula is C29H29BrN4O6. The number of H-pyrrole nitrogens is 2. The maximum Gasteiger partial charge on any atom is 0.415 e. The molecule has 11 heteroatoms. The van der Waals surface area contributed by atoms with Crippen LogP contribution in [0.3, 0.4) is 0 Å². The number of benzene rings is 2. The molecule has 2 aromatic carbocycles. The molecule has 40 heavy (non-hydrogen) atoms. The summed E-state index contributed by atoms with van der Waals surface area (Å²) >= 11 is 3.59. The Hall–Kier alpha value is -4.12. The maximum atomic E-state index is 14.0. The molecule has 4 aromatic rings. The molecule has 10 nitrogen and oxygen atoms in total. The summed E-state index contributed by atoms with van der Waals surface area (Å²) in [5, 5.41) is 1.83. The molecule has 0 unspecified atom stereocenters. The fourth-order valence-corrected chi connectivity index (χ4v) is 5.73. The van der Waals surface area contributed by atoms with Crippen molar-refractivity contribution in [3.05, 3.63) is 58.4 Å². The standard InChI is InChI=1S/C29H29BrN4O6/c1-6-33(4)29(38)40-22-11-21-24(25-23(28(37)39-5)14(2)31-26(22)25)18(12-30)13-34(21)27(36)20-10-17-9-16(15(3)35)7-8-19(17)32-20/h7-11,18,31-32H,6,12-13H2,1-5H3/t18-/m1/s1. The number of anilines is 1. The van der Waals surface area contributed by atoms with Gasteiger partial charge >= 0.3 is 12.1 Å². The van der Waals surface area contributed by atoms with Gasteiger partial charge in [-0.2, -0.15) is 0 Å². The van der Waals surface area contributed by atoms with E-state index < -0.39 is 12.1 Å². The number of nitrogens with one attached hydrogen (secondary N) is 2. The molecule has 0 aliphatic carbocycles. The van der Waals surface area contributed by atoms with Crippen molar-refractivity contribution in [2.75, 3.05) is 37.5 Å². The van der Waals surface area contributed by atoms with Crippen molar-refractivity contribution in [2.45, 2.75) is 26.7 Å². The fourth-order valence-electron chi connectivity index (χ4n) is 5.20. The van der Waals surface area contributed by atoms with Crippen LogP contribution in [-0.4, -0.2) is 71.2 Å². The summed E-state index contributed by atoms with van der Waals surface area (Å²) in [6, 6.07) is 8.64. The van der Waals surface area contributed by atoms with Gasteiger partial charge in [0.1, 0.15) is 5.69 Å². The van der Waals surface area contributed by atoms with E-state index in [1.807, 2.05) is 6.92 Å². The smallest absolute Gasteiger partial charge is 0.415 e. The normalized spacial score (nSPS) is 14.4. The number of aryl methyl sites for hydroxylation is 1. The van der Waals surface area contributed by atoms with E-state index in [0.717, 1.165) is 16.5 Å². The topological polar surface area (TPSA) is 125 Å². The molecule has 0 spiro atoms. The van der Waals surface area contributed by atoms with Crippen molar-refractivity contribution in [1.29, 1.82) is 0 Å². The Morgan fingerprint density at radius 1 is 1.15 bits per heavy atom. The third-order valence-electron chi connectivity index (χ3n) is 7.41. The van der Waals surface area contributed by atoms with Gasteiger partial charge < -0.3 is 29.2 Å². The fraction of sp³-hybridized carbons (Fsp3) is 0.310. The molecular weight excluding hydrogens is 580 g/mol. The van der Waals surface area contributed by atoms with Crippen molar-refractivity contribution < 1.29 is 28.7 Å². The van der Waals surface area contributed by atoms with Gasteiger partial charge in [-0.3, -0.25) is 9.59 Å². The third kappa shape index (κ3) is 4.43. The van der Waals surface area contributed by atoms with E-state index in [9.17, 15) is 19.2 Å². The molecule has 208 valence electrons. The SMILES string of the molecule is CCN(C)C(=O)Oc1cc2c(c3c(C(=O)OC)c(C)[nH]c13)[C@H](CBr)CN2C(=O)c1cc2cc(C(C)=O)ccc2[nH]1. The molecule has 2 N–H and O–H groups in total. The molecule has 1 aliphatic heterocycles. The predicted molar refractivity (Wildman–Crippen MR) is 155 cm³/mol. The number of aromatic nitrogens is 2. The van der Waals surface area contributed by atoms with Crippen LogP contribution < -0.4 is 9.64 Å². The molecule has 5 rings (SSSR count). The summed E-state index contributed by atoms with van der Waals surface area (Å²) in [5.41, 5.74) is 4.33. The molecule has 0 saturated carbocycles. The second-order valence-corrected chi connectivity index (χ2v) is 10.5. The van der Waals surface area contributed by atoms with Gasteiger partial charge in [0, 0.05) is 65.0 Å². The second kappa shape index (κ2) is 10.5. The van der Waals surface area contributed by atoms with Crippen LogP contribution in [0.25, 0.3) is 21.8 Å². The molecule has 1 atom stereocenters. The van der Waals surface area contributed by atoms with Gasteiger partial charge in [-0.05, 0) is 50.6 Å². The van der Waals surface area contributed by atoms with Gasteiger partial charge in [0.15, 0.2) is 11.5 Å². The number of carbonyl (C=O) groups excluding carboxylic acids is 4. The Balaban J connectivity index is 1.69. The van der Waals surface area contributed by atoms with Gasteiger partial charge in [0.2, 0.25) is 0 Å². The number of Topliss-reactive ketones (excluding diaryl/α,β-unsaturated/α-hetero) is 1. The average molecular weight is 609 g/mol. The lowest BCUT2D eigenvalue weighted by Gasteiger charge is -2.19. The minimum Gasteiger partial charge on any atom is -0.465 e. The number of hydrogen-bond donors (Lipinski definition) is 2. The van der Waals surface area contributed by atoms with Crippen LogP contribution in [0.15, 0.2) is 30.3 Å². The average Bonchev–Trinajstić information content (AvgIpc) is 3.63. The monoisotopic (exact) mass is 608 g/mol. The number of esters is 1. The molecule has 0 fully saturated rings. The summed E-state index contributed by atoms with van der Waals surface area (Å²) in [7, 11) is 2.93.